The Morgan fingerprint density at radius 3 is 2.70 bits per heavy atom. The van der Waals surface area contributed by atoms with Crippen molar-refractivity contribution in [1.29, 1.82) is 0 Å². The van der Waals surface area contributed by atoms with Crippen molar-refractivity contribution < 1.29 is 18.7 Å². The van der Waals surface area contributed by atoms with Crippen molar-refractivity contribution in [3.05, 3.63) is 60.2 Å². The lowest BCUT2D eigenvalue weighted by molar-refractivity contribution is -0.150. The van der Waals surface area contributed by atoms with E-state index in [9.17, 15) is 14.0 Å². The summed E-state index contributed by atoms with van der Waals surface area (Å²) in [5.74, 6) is -1.38. The zero-order valence-electron chi connectivity index (χ0n) is 15.0. The van der Waals surface area contributed by atoms with Crippen LogP contribution in [0.1, 0.15) is 12.5 Å². The third-order valence-electron chi connectivity index (χ3n) is 4.21. The molecule has 1 N–H and O–H groups in total. The van der Waals surface area contributed by atoms with E-state index in [1.165, 1.54) is 23.9 Å². The Labute approximate surface area is 155 Å². The van der Waals surface area contributed by atoms with Crippen molar-refractivity contribution in [3.8, 4) is 0 Å². The minimum atomic E-state index is -1.31. The number of ether oxygens (including phenoxy) is 1. The average Bonchev–Trinajstić information content (AvgIpc) is 3.05. The maximum atomic E-state index is 13.1. The Hall–Kier alpha value is -3.29. The van der Waals surface area contributed by atoms with E-state index in [4.69, 9.17) is 4.74 Å². The van der Waals surface area contributed by atoms with E-state index >= 15 is 0 Å². The molecule has 2 heterocycles. The highest BCUT2D eigenvalue weighted by atomic mass is 19.1. The molecule has 27 heavy (non-hydrogen) atoms. The molecule has 7 nitrogen and oxygen atoms in total. The molecule has 1 aromatic carbocycles. The molecule has 0 aliphatic heterocycles. The number of pyridine rings is 1. The summed E-state index contributed by atoms with van der Waals surface area (Å²) in [6.07, 6.45) is 3.39. The fourth-order valence-electron chi connectivity index (χ4n) is 2.91. The lowest BCUT2D eigenvalue weighted by Gasteiger charge is -2.28. The van der Waals surface area contributed by atoms with Crippen LogP contribution in [-0.2, 0) is 27.3 Å². The Balaban J connectivity index is 1.78. The summed E-state index contributed by atoms with van der Waals surface area (Å²) in [4.78, 5) is 29.1. The summed E-state index contributed by atoms with van der Waals surface area (Å²) in [5.41, 5.74) is -0.0400. The highest BCUT2D eigenvalue weighted by Crippen LogP contribution is 2.17. The molecule has 8 heteroatoms. The van der Waals surface area contributed by atoms with Gasteiger partial charge in [0.05, 0.1) is 13.3 Å². The standard InChI is InChI=1S/C19H19FN4O3/c1-19(18(26)27-2,10-13-5-7-15(20)8-6-13)23-16(25)12-24-17-14(11-22-24)4-3-9-21-17/h3-9,11H,10,12H2,1-2H3,(H,23,25). The van der Waals surface area contributed by atoms with Crippen molar-refractivity contribution in [2.45, 2.75) is 25.4 Å². The molecular weight excluding hydrogens is 351 g/mol. The van der Waals surface area contributed by atoms with Gasteiger partial charge in [0.2, 0.25) is 5.91 Å². The number of methoxy groups -OCH3 is 1. The van der Waals surface area contributed by atoms with Crippen LogP contribution in [-0.4, -0.2) is 39.3 Å². The van der Waals surface area contributed by atoms with Crippen molar-refractivity contribution >= 4 is 22.9 Å². The van der Waals surface area contributed by atoms with Gasteiger partial charge in [-0.25, -0.2) is 18.9 Å². The van der Waals surface area contributed by atoms with Gasteiger partial charge in [0.15, 0.2) is 5.65 Å². The molecule has 0 bridgehead atoms. The first-order chi connectivity index (χ1) is 12.9. The number of nitrogens with one attached hydrogen (secondary N) is 1. The van der Waals surface area contributed by atoms with Gasteiger partial charge in [0.25, 0.3) is 0 Å². The number of benzene rings is 1. The largest absolute Gasteiger partial charge is 0.467 e. The van der Waals surface area contributed by atoms with E-state index in [0.717, 1.165) is 5.39 Å². The third-order valence-corrected chi connectivity index (χ3v) is 4.21. The number of halogens is 1. The molecule has 3 rings (SSSR count). The molecule has 0 saturated carbocycles. The van der Waals surface area contributed by atoms with Gasteiger partial charge in [-0.3, -0.25) is 4.79 Å². The normalized spacial score (nSPS) is 13.1. The Morgan fingerprint density at radius 2 is 2.00 bits per heavy atom. The number of carbonyl (C=O) groups is 2. The summed E-state index contributed by atoms with van der Waals surface area (Å²) >= 11 is 0. The van der Waals surface area contributed by atoms with E-state index in [1.54, 1.807) is 37.5 Å². The summed E-state index contributed by atoms with van der Waals surface area (Å²) in [6.45, 7) is 1.47. The molecule has 140 valence electrons. The summed E-state index contributed by atoms with van der Waals surface area (Å²) in [6, 6.07) is 9.36. The zero-order chi connectivity index (χ0) is 19.4. The molecule has 2 aromatic heterocycles. The molecule has 0 aliphatic carbocycles. The second kappa shape index (κ2) is 7.53. The molecule has 1 amide bonds. The van der Waals surface area contributed by atoms with Gasteiger partial charge < -0.3 is 10.1 Å². The smallest absolute Gasteiger partial charge is 0.331 e. The van der Waals surface area contributed by atoms with E-state index < -0.39 is 17.4 Å². The first kappa shape index (κ1) is 18.5. The maximum absolute atomic E-state index is 13.1. The number of fused-ring (bicyclic) bond motifs is 1. The third kappa shape index (κ3) is 4.11. The Kier molecular flexibility index (Phi) is 5.16. The average molecular weight is 370 g/mol. The van der Waals surface area contributed by atoms with Gasteiger partial charge >= 0.3 is 5.97 Å². The molecule has 0 aliphatic rings. The van der Waals surface area contributed by atoms with Crippen molar-refractivity contribution in [1.82, 2.24) is 20.1 Å². The molecule has 0 saturated heterocycles. The highest BCUT2D eigenvalue weighted by Gasteiger charge is 2.36. The van der Waals surface area contributed by atoms with Gasteiger partial charge in [0, 0.05) is 18.0 Å². The predicted molar refractivity (Wildman–Crippen MR) is 96.2 cm³/mol. The molecular formula is C19H19FN4O3. The number of hydrogen-bond acceptors (Lipinski definition) is 5. The summed E-state index contributed by atoms with van der Waals surface area (Å²) in [7, 11) is 1.25. The quantitative estimate of drug-likeness (QED) is 0.670. The van der Waals surface area contributed by atoms with Crippen LogP contribution in [0.2, 0.25) is 0 Å². The van der Waals surface area contributed by atoms with Gasteiger partial charge in [0.1, 0.15) is 17.9 Å². The SMILES string of the molecule is COC(=O)C(C)(Cc1ccc(F)cc1)NC(=O)Cn1ncc2cccnc21. The number of aromatic nitrogens is 3. The van der Waals surface area contributed by atoms with Crippen LogP contribution in [0.4, 0.5) is 4.39 Å². The number of carbonyl (C=O) groups excluding carboxylic acids is 2. The van der Waals surface area contributed by atoms with Gasteiger partial charge in [-0.05, 0) is 36.8 Å². The monoisotopic (exact) mass is 370 g/mol. The molecule has 1 atom stereocenters. The maximum Gasteiger partial charge on any atom is 0.331 e. The van der Waals surface area contributed by atoms with E-state index in [1.807, 2.05) is 6.07 Å². The van der Waals surface area contributed by atoms with E-state index in [-0.39, 0.29) is 18.8 Å². The van der Waals surface area contributed by atoms with Crippen molar-refractivity contribution in [2.24, 2.45) is 0 Å². The number of hydrogen-bond donors (Lipinski definition) is 1. The fraction of sp³-hybridized carbons (Fsp3) is 0.263. The summed E-state index contributed by atoms with van der Waals surface area (Å²) < 4.78 is 19.4. The minimum Gasteiger partial charge on any atom is -0.467 e. The second-order valence-corrected chi connectivity index (χ2v) is 6.39. The Bertz CT molecular complexity index is 971. The lowest BCUT2D eigenvalue weighted by Crippen LogP contribution is -2.55. The van der Waals surface area contributed by atoms with Gasteiger partial charge in [-0.15, -0.1) is 0 Å². The number of amides is 1. The first-order valence-corrected chi connectivity index (χ1v) is 8.32. The second-order valence-electron chi connectivity index (χ2n) is 6.39. The van der Waals surface area contributed by atoms with Gasteiger partial charge in [-0.1, -0.05) is 12.1 Å². The molecule has 3 aromatic rings. The van der Waals surface area contributed by atoms with Crippen LogP contribution in [0.3, 0.4) is 0 Å². The van der Waals surface area contributed by atoms with Crippen molar-refractivity contribution in [2.75, 3.05) is 7.11 Å². The number of rotatable bonds is 6. The number of esters is 1. The molecule has 0 radical (unpaired) electrons. The zero-order valence-corrected chi connectivity index (χ0v) is 15.0. The van der Waals surface area contributed by atoms with Crippen molar-refractivity contribution in [3.63, 3.8) is 0 Å². The summed E-state index contributed by atoms with van der Waals surface area (Å²) in [5, 5.41) is 7.69. The topological polar surface area (TPSA) is 86.1 Å². The highest BCUT2D eigenvalue weighted by molar-refractivity contribution is 5.88. The fourth-order valence-corrected chi connectivity index (χ4v) is 2.91. The van der Waals surface area contributed by atoms with Crippen LogP contribution >= 0.6 is 0 Å². The predicted octanol–water partition coefficient (Wildman–Crippen LogP) is 1.86. The van der Waals surface area contributed by atoms with Gasteiger partial charge in [-0.2, -0.15) is 5.10 Å². The van der Waals surface area contributed by atoms with Crippen LogP contribution in [0, 0.1) is 5.82 Å². The molecule has 0 fully saturated rings. The Morgan fingerprint density at radius 1 is 1.26 bits per heavy atom. The van der Waals surface area contributed by atoms with E-state index in [2.05, 4.69) is 15.4 Å². The molecule has 0 spiro atoms. The first-order valence-electron chi connectivity index (χ1n) is 8.32. The molecule has 1 unspecified atom stereocenters. The van der Waals surface area contributed by atoms with Crippen LogP contribution in [0.25, 0.3) is 11.0 Å². The van der Waals surface area contributed by atoms with Crippen LogP contribution in [0.15, 0.2) is 48.8 Å². The van der Waals surface area contributed by atoms with Crippen LogP contribution < -0.4 is 5.32 Å². The minimum absolute atomic E-state index is 0.101. The van der Waals surface area contributed by atoms with Crippen LogP contribution in [0.5, 0.6) is 0 Å². The number of nitrogens with zero attached hydrogens (tertiary/aromatic N) is 3. The van der Waals surface area contributed by atoms with E-state index in [0.29, 0.717) is 11.2 Å². The lowest BCUT2D eigenvalue weighted by atomic mass is 9.92.